The number of carbonyl (C=O) groups excluding carboxylic acids is 1. The summed E-state index contributed by atoms with van der Waals surface area (Å²) < 4.78 is 11.7. The van der Waals surface area contributed by atoms with E-state index in [0.717, 1.165) is 4.47 Å². The lowest BCUT2D eigenvalue weighted by Crippen LogP contribution is -2.27. The van der Waals surface area contributed by atoms with Crippen LogP contribution in [0, 0.1) is 10.1 Å². The highest BCUT2D eigenvalue weighted by Crippen LogP contribution is 2.27. The van der Waals surface area contributed by atoms with Gasteiger partial charge in [-0.05, 0) is 44.2 Å². The van der Waals surface area contributed by atoms with Crippen LogP contribution in [0.2, 0.25) is 0 Å². The molecule has 0 saturated heterocycles. The van der Waals surface area contributed by atoms with E-state index >= 15 is 0 Å². The highest BCUT2D eigenvalue weighted by molar-refractivity contribution is 9.10. The van der Waals surface area contributed by atoms with E-state index in [1.165, 1.54) is 6.07 Å². The molecule has 2 unspecified atom stereocenters. The molecule has 2 rings (SSSR count). The lowest BCUT2D eigenvalue weighted by molar-refractivity contribution is -0.386. The van der Waals surface area contributed by atoms with Crippen molar-refractivity contribution in [2.24, 2.45) is 0 Å². The van der Waals surface area contributed by atoms with E-state index in [4.69, 9.17) is 9.47 Å². The van der Waals surface area contributed by atoms with E-state index in [2.05, 4.69) is 15.9 Å². The third-order valence-corrected chi connectivity index (χ3v) is 3.85. The maximum Gasteiger partial charge on any atom is 0.347 e. The Morgan fingerprint density at radius 2 is 1.75 bits per heavy atom. The fourth-order valence-electron chi connectivity index (χ4n) is 2.10. The third kappa shape index (κ3) is 4.55. The van der Waals surface area contributed by atoms with Gasteiger partial charge >= 0.3 is 5.97 Å². The van der Waals surface area contributed by atoms with Gasteiger partial charge in [-0.25, -0.2) is 4.79 Å². The smallest absolute Gasteiger partial charge is 0.347 e. The highest BCUT2D eigenvalue weighted by Gasteiger charge is 2.24. The van der Waals surface area contributed by atoms with Crippen molar-refractivity contribution in [1.82, 2.24) is 0 Å². The Labute approximate surface area is 147 Å². The molecule has 0 bridgehead atoms. The van der Waals surface area contributed by atoms with Gasteiger partial charge in [-0.2, -0.15) is 0 Å². The van der Waals surface area contributed by atoms with Crippen molar-refractivity contribution in [3.8, 4) is 5.75 Å². The Balaban J connectivity index is 2.03. The van der Waals surface area contributed by atoms with Crippen molar-refractivity contribution >= 4 is 27.6 Å². The van der Waals surface area contributed by atoms with E-state index in [1.54, 1.807) is 56.3 Å². The van der Waals surface area contributed by atoms with Gasteiger partial charge in [-0.15, -0.1) is 0 Å². The molecule has 0 heterocycles. The molecule has 0 spiro atoms. The molecule has 0 fully saturated rings. The van der Waals surface area contributed by atoms with Gasteiger partial charge in [0.1, 0.15) is 11.9 Å². The standard InChI is InChI=1S/C17H16BrNO5/c1-11(15-5-3-4-6-16(15)19(21)22)24-17(20)12(2)23-14-9-7-13(18)8-10-14/h3-12H,1-2H3. The molecule has 0 aliphatic carbocycles. The lowest BCUT2D eigenvalue weighted by atomic mass is 10.1. The van der Waals surface area contributed by atoms with Gasteiger partial charge in [0.15, 0.2) is 6.10 Å². The largest absolute Gasteiger partial charge is 0.479 e. The van der Waals surface area contributed by atoms with Crippen molar-refractivity contribution in [2.45, 2.75) is 26.1 Å². The molecule has 0 aliphatic heterocycles. The van der Waals surface area contributed by atoms with Crippen LogP contribution in [0.1, 0.15) is 25.5 Å². The average Bonchev–Trinajstić information content (AvgIpc) is 2.56. The number of rotatable bonds is 6. The normalized spacial score (nSPS) is 13.0. The Kier molecular flexibility index (Phi) is 5.92. The molecule has 24 heavy (non-hydrogen) atoms. The molecule has 0 amide bonds. The van der Waals surface area contributed by atoms with E-state index in [1.807, 2.05) is 0 Å². The van der Waals surface area contributed by atoms with Gasteiger partial charge in [0.05, 0.1) is 10.5 Å². The summed E-state index contributed by atoms with van der Waals surface area (Å²) in [7, 11) is 0. The number of hydrogen-bond donors (Lipinski definition) is 0. The zero-order valence-corrected chi connectivity index (χ0v) is 14.7. The van der Waals surface area contributed by atoms with Crippen LogP contribution in [0.25, 0.3) is 0 Å². The molecule has 0 radical (unpaired) electrons. The predicted molar refractivity (Wildman–Crippen MR) is 91.8 cm³/mol. The molecule has 126 valence electrons. The van der Waals surface area contributed by atoms with Crippen LogP contribution in [0.5, 0.6) is 5.75 Å². The molecule has 2 aromatic carbocycles. The first kappa shape index (κ1) is 17.9. The summed E-state index contributed by atoms with van der Waals surface area (Å²) in [6, 6.07) is 13.2. The number of nitro benzene ring substituents is 1. The Bertz CT molecular complexity index is 732. The fraction of sp³-hybridized carbons (Fsp3) is 0.235. The lowest BCUT2D eigenvalue weighted by Gasteiger charge is -2.18. The van der Waals surface area contributed by atoms with E-state index in [-0.39, 0.29) is 5.69 Å². The minimum Gasteiger partial charge on any atom is -0.479 e. The number of benzene rings is 2. The van der Waals surface area contributed by atoms with Crippen LogP contribution in [0.15, 0.2) is 53.0 Å². The van der Waals surface area contributed by atoms with Gasteiger partial charge < -0.3 is 9.47 Å². The Morgan fingerprint density at radius 1 is 1.12 bits per heavy atom. The first-order valence-corrected chi connectivity index (χ1v) is 8.04. The molecular formula is C17H16BrNO5. The summed E-state index contributed by atoms with van der Waals surface area (Å²) in [4.78, 5) is 22.7. The summed E-state index contributed by atoms with van der Waals surface area (Å²) in [5.74, 6) is -0.0652. The molecule has 0 saturated carbocycles. The maximum absolute atomic E-state index is 12.2. The SMILES string of the molecule is CC(Oc1ccc(Br)cc1)C(=O)OC(C)c1ccccc1[N+](=O)[O-]. The minimum absolute atomic E-state index is 0.0840. The van der Waals surface area contributed by atoms with Crippen molar-refractivity contribution in [3.05, 3.63) is 68.7 Å². The topological polar surface area (TPSA) is 78.7 Å². The number of carbonyl (C=O) groups is 1. The van der Waals surface area contributed by atoms with Crippen molar-refractivity contribution in [1.29, 1.82) is 0 Å². The quantitative estimate of drug-likeness (QED) is 0.412. The fourth-order valence-corrected chi connectivity index (χ4v) is 2.36. The molecule has 6 nitrogen and oxygen atoms in total. The first-order valence-electron chi connectivity index (χ1n) is 7.24. The number of para-hydroxylation sites is 1. The second-order valence-electron chi connectivity index (χ2n) is 5.11. The second kappa shape index (κ2) is 7.92. The van der Waals surface area contributed by atoms with Gasteiger partial charge in [-0.3, -0.25) is 10.1 Å². The zero-order valence-electron chi connectivity index (χ0n) is 13.1. The number of nitro groups is 1. The number of nitrogens with zero attached hydrogens (tertiary/aromatic N) is 1. The van der Waals surface area contributed by atoms with Crippen molar-refractivity contribution in [3.63, 3.8) is 0 Å². The first-order chi connectivity index (χ1) is 11.4. The summed E-state index contributed by atoms with van der Waals surface area (Å²) in [6.07, 6.45) is -1.59. The monoisotopic (exact) mass is 393 g/mol. The predicted octanol–water partition coefficient (Wildman–Crippen LogP) is 4.43. The summed E-state index contributed by atoms with van der Waals surface area (Å²) in [5, 5.41) is 11.1. The second-order valence-corrected chi connectivity index (χ2v) is 6.02. The highest BCUT2D eigenvalue weighted by atomic mass is 79.9. The van der Waals surface area contributed by atoms with E-state index < -0.39 is 23.1 Å². The molecule has 0 aliphatic rings. The number of halogens is 1. The van der Waals surface area contributed by atoms with Gasteiger partial charge in [0.25, 0.3) is 5.69 Å². The minimum atomic E-state index is -0.837. The summed E-state index contributed by atoms with van der Waals surface area (Å²) in [5.41, 5.74) is 0.256. The zero-order chi connectivity index (χ0) is 17.7. The van der Waals surface area contributed by atoms with Crippen LogP contribution in [0.3, 0.4) is 0 Å². The van der Waals surface area contributed by atoms with Crippen molar-refractivity contribution in [2.75, 3.05) is 0 Å². The number of hydrogen-bond acceptors (Lipinski definition) is 5. The van der Waals surface area contributed by atoms with E-state index in [0.29, 0.717) is 11.3 Å². The number of ether oxygens (including phenoxy) is 2. The van der Waals surface area contributed by atoms with Gasteiger partial charge in [0.2, 0.25) is 0 Å². The van der Waals surface area contributed by atoms with Crippen LogP contribution in [0.4, 0.5) is 5.69 Å². The maximum atomic E-state index is 12.2. The van der Waals surface area contributed by atoms with E-state index in [9.17, 15) is 14.9 Å². The van der Waals surface area contributed by atoms with Crippen LogP contribution < -0.4 is 4.74 Å². The molecular weight excluding hydrogens is 378 g/mol. The summed E-state index contributed by atoms with van der Waals surface area (Å²) in [6.45, 7) is 3.16. The molecule has 2 atom stereocenters. The van der Waals surface area contributed by atoms with Crippen molar-refractivity contribution < 1.29 is 19.2 Å². The van der Waals surface area contributed by atoms with Gasteiger partial charge in [0, 0.05) is 10.5 Å². The third-order valence-electron chi connectivity index (χ3n) is 3.32. The van der Waals surface area contributed by atoms with Crippen LogP contribution in [-0.2, 0) is 9.53 Å². The molecule has 7 heteroatoms. The number of esters is 1. The Morgan fingerprint density at radius 3 is 2.38 bits per heavy atom. The average molecular weight is 394 g/mol. The molecule has 0 aromatic heterocycles. The molecule has 0 N–H and O–H groups in total. The Hall–Kier alpha value is -2.41. The molecule has 2 aromatic rings. The van der Waals surface area contributed by atoms with Crippen LogP contribution >= 0.6 is 15.9 Å². The van der Waals surface area contributed by atoms with Gasteiger partial charge in [-0.1, -0.05) is 28.1 Å². The summed E-state index contributed by atoms with van der Waals surface area (Å²) >= 11 is 3.32. The van der Waals surface area contributed by atoms with Crippen LogP contribution in [-0.4, -0.2) is 17.0 Å².